The highest BCUT2D eigenvalue weighted by molar-refractivity contribution is 7.22. The maximum absolute atomic E-state index is 12.3. The Bertz CT molecular complexity index is 1110. The third-order valence-electron chi connectivity index (χ3n) is 3.64. The normalized spacial score (nSPS) is 10.9. The van der Waals surface area contributed by atoms with Crippen molar-refractivity contribution in [1.29, 1.82) is 0 Å². The number of hydrogen-bond donors (Lipinski definition) is 3. The average molecular weight is 383 g/mol. The minimum atomic E-state index is -0.193. The highest BCUT2D eigenvalue weighted by Gasteiger charge is 2.13. The quantitative estimate of drug-likeness (QED) is 0.498. The van der Waals surface area contributed by atoms with E-state index in [1.54, 1.807) is 24.3 Å². The highest BCUT2D eigenvalue weighted by Crippen LogP contribution is 2.32. The molecule has 1 amide bonds. The van der Waals surface area contributed by atoms with Crippen LogP contribution in [0.25, 0.3) is 20.8 Å². The maximum Gasteiger partial charge on any atom is 0.230 e. The third-order valence-corrected chi connectivity index (χ3v) is 5.36. The SMILES string of the molecule is Nc1nc2ccc(CC(=O)Nc3nnc(-c4ccccc4O)s3)cc2s1. The summed E-state index contributed by atoms with van der Waals surface area (Å²) in [6.07, 6.45) is 0.208. The number of nitrogens with zero attached hydrogens (tertiary/aromatic N) is 3. The summed E-state index contributed by atoms with van der Waals surface area (Å²) in [6.45, 7) is 0. The molecule has 130 valence electrons. The van der Waals surface area contributed by atoms with Gasteiger partial charge in [0.05, 0.1) is 22.2 Å². The first-order valence-electron chi connectivity index (χ1n) is 7.65. The minimum Gasteiger partial charge on any atom is -0.507 e. The van der Waals surface area contributed by atoms with Crippen LogP contribution in [-0.2, 0) is 11.2 Å². The first-order valence-corrected chi connectivity index (χ1v) is 9.28. The molecule has 0 saturated carbocycles. The lowest BCUT2D eigenvalue weighted by atomic mass is 10.1. The van der Waals surface area contributed by atoms with Crippen molar-refractivity contribution >= 4 is 49.1 Å². The fraction of sp³-hybridized carbons (Fsp3) is 0.0588. The number of nitrogens with two attached hydrogens (primary N) is 1. The van der Waals surface area contributed by atoms with E-state index in [1.807, 2.05) is 18.2 Å². The zero-order valence-electron chi connectivity index (χ0n) is 13.3. The molecule has 0 saturated heterocycles. The van der Waals surface area contributed by atoms with Crippen molar-refractivity contribution in [3.05, 3.63) is 48.0 Å². The number of para-hydroxylation sites is 1. The molecule has 0 unspecified atom stereocenters. The molecule has 0 aliphatic heterocycles. The number of aromatic nitrogens is 3. The second kappa shape index (κ2) is 6.70. The minimum absolute atomic E-state index is 0.124. The van der Waals surface area contributed by atoms with Crippen molar-refractivity contribution in [2.45, 2.75) is 6.42 Å². The van der Waals surface area contributed by atoms with Gasteiger partial charge < -0.3 is 16.2 Å². The summed E-state index contributed by atoms with van der Waals surface area (Å²) in [6, 6.07) is 12.5. The smallest absolute Gasteiger partial charge is 0.230 e. The lowest BCUT2D eigenvalue weighted by Gasteiger charge is -2.01. The van der Waals surface area contributed by atoms with Gasteiger partial charge in [-0.15, -0.1) is 10.2 Å². The molecule has 2 aromatic heterocycles. The molecule has 0 fully saturated rings. The molecular weight excluding hydrogens is 370 g/mol. The zero-order chi connectivity index (χ0) is 18.1. The number of benzene rings is 2. The molecule has 2 aromatic carbocycles. The molecule has 0 atom stereocenters. The standard InChI is InChI=1S/C17H13N5O2S2/c18-16-19-11-6-5-9(7-13(11)25-16)8-14(24)20-17-22-21-15(26-17)10-3-1-2-4-12(10)23/h1-7,23H,8H2,(H2,18,19)(H,20,22,24). The average Bonchev–Trinajstić information content (AvgIpc) is 3.20. The summed E-state index contributed by atoms with van der Waals surface area (Å²) in [5, 5.41) is 22.0. The van der Waals surface area contributed by atoms with Crippen molar-refractivity contribution in [3.8, 4) is 16.3 Å². The van der Waals surface area contributed by atoms with Gasteiger partial charge in [-0.05, 0) is 29.8 Å². The van der Waals surface area contributed by atoms with Crippen LogP contribution in [0.1, 0.15) is 5.56 Å². The fourth-order valence-electron chi connectivity index (χ4n) is 2.48. The second-order valence-corrected chi connectivity index (χ2v) is 7.55. The zero-order valence-corrected chi connectivity index (χ0v) is 15.0. The summed E-state index contributed by atoms with van der Waals surface area (Å²) in [5.41, 5.74) is 7.98. The van der Waals surface area contributed by atoms with Gasteiger partial charge in [0.2, 0.25) is 11.0 Å². The molecule has 0 aliphatic carbocycles. The highest BCUT2D eigenvalue weighted by atomic mass is 32.1. The van der Waals surface area contributed by atoms with Gasteiger partial charge in [0.25, 0.3) is 0 Å². The number of anilines is 2. The Morgan fingerprint density at radius 2 is 2.00 bits per heavy atom. The number of nitrogen functional groups attached to an aromatic ring is 1. The molecule has 2 heterocycles. The predicted molar refractivity (Wildman–Crippen MR) is 103 cm³/mol. The van der Waals surface area contributed by atoms with E-state index >= 15 is 0 Å². The molecule has 4 rings (SSSR count). The fourth-order valence-corrected chi connectivity index (χ4v) is 4.07. The first-order chi connectivity index (χ1) is 12.6. The van der Waals surface area contributed by atoms with Crippen LogP contribution in [0.4, 0.5) is 10.3 Å². The van der Waals surface area contributed by atoms with Gasteiger partial charge in [-0.3, -0.25) is 4.79 Å². The van der Waals surface area contributed by atoms with E-state index in [4.69, 9.17) is 5.73 Å². The van der Waals surface area contributed by atoms with Crippen LogP contribution in [0.15, 0.2) is 42.5 Å². The van der Waals surface area contributed by atoms with Crippen LogP contribution in [0.2, 0.25) is 0 Å². The lowest BCUT2D eigenvalue weighted by molar-refractivity contribution is -0.115. The Balaban J connectivity index is 1.47. The molecular formula is C17H13N5O2S2. The largest absolute Gasteiger partial charge is 0.507 e. The number of carbonyl (C=O) groups excluding carboxylic acids is 1. The van der Waals surface area contributed by atoms with Crippen molar-refractivity contribution in [2.24, 2.45) is 0 Å². The number of hydrogen-bond acceptors (Lipinski definition) is 8. The number of phenols is 1. The number of carbonyl (C=O) groups is 1. The van der Waals surface area contributed by atoms with Crippen molar-refractivity contribution in [1.82, 2.24) is 15.2 Å². The molecule has 0 bridgehead atoms. The predicted octanol–water partition coefficient (Wildman–Crippen LogP) is 3.28. The Morgan fingerprint density at radius 1 is 1.15 bits per heavy atom. The van der Waals surface area contributed by atoms with Crippen LogP contribution in [0.5, 0.6) is 5.75 Å². The maximum atomic E-state index is 12.3. The Kier molecular flexibility index (Phi) is 4.23. The van der Waals surface area contributed by atoms with E-state index in [-0.39, 0.29) is 18.1 Å². The van der Waals surface area contributed by atoms with Gasteiger partial charge in [0.1, 0.15) is 5.75 Å². The van der Waals surface area contributed by atoms with Crippen molar-refractivity contribution in [3.63, 3.8) is 0 Å². The summed E-state index contributed by atoms with van der Waals surface area (Å²) in [5.74, 6) is -0.0690. The number of amides is 1. The number of fused-ring (bicyclic) bond motifs is 1. The number of phenolic OH excluding ortho intramolecular Hbond substituents is 1. The summed E-state index contributed by atoms with van der Waals surface area (Å²) in [7, 11) is 0. The van der Waals surface area contributed by atoms with Crippen LogP contribution >= 0.6 is 22.7 Å². The van der Waals surface area contributed by atoms with Gasteiger partial charge in [0.15, 0.2) is 10.1 Å². The van der Waals surface area contributed by atoms with Crippen molar-refractivity contribution in [2.75, 3.05) is 11.1 Å². The van der Waals surface area contributed by atoms with Crippen LogP contribution in [0.3, 0.4) is 0 Å². The van der Waals surface area contributed by atoms with Gasteiger partial charge >= 0.3 is 0 Å². The monoisotopic (exact) mass is 383 g/mol. The van der Waals surface area contributed by atoms with Gasteiger partial charge in [-0.25, -0.2) is 4.98 Å². The first kappa shape index (κ1) is 16.4. The molecule has 4 N–H and O–H groups in total. The van der Waals surface area contributed by atoms with E-state index in [9.17, 15) is 9.90 Å². The molecule has 7 nitrogen and oxygen atoms in total. The van der Waals surface area contributed by atoms with E-state index in [0.29, 0.717) is 20.8 Å². The number of rotatable bonds is 4. The van der Waals surface area contributed by atoms with Gasteiger partial charge in [-0.1, -0.05) is 40.9 Å². The van der Waals surface area contributed by atoms with E-state index in [2.05, 4.69) is 20.5 Å². The second-order valence-electron chi connectivity index (χ2n) is 5.51. The molecule has 0 aliphatic rings. The van der Waals surface area contributed by atoms with Crippen molar-refractivity contribution < 1.29 is 9.90 Å². The van der Waals surface area contributed by atoms with Gasteiger partial charge in [0, 0.05) is 0 Å². The molecule has 0 spiro atoms. The Labute approximate surface area is 156 Å². The van der Waals surface area contributed by atoms with Crippen LogP contribution in [0, 0.1) is 0 Å². The Hall–Kier alpha value is -3.04. The van der Waals surface area contributed by atoms with Crippen LogP contribution in [-0.4, -0.2) is 26.2 Å². The number of thiazole rings is 1. The summed E-state index contributed by atoms with van der Waals surface area (Å²) < 4.78 is 0.950. The number of nitrogens with one attached hydrogen (secondary N) is 1. The lowest BCUT2D eigenvalue weighted by Crippen LogP contribution is -2.14. The summed E-state index contributed by atoms with van der Waals surface area (Å²) >= 11 is 2.60. The molecule has 26 heavy (non-hydrogen) atoms. The Morgan fingerprint density at radius 3 is 2.85 bits per heavy atom. The number of aromatic hydroxyl groups is 1. The van der Waals surface area contributed by atoms with E-state index in [0.717, 1.165) is 15.8 Å². The molecule has 9 heteroatoms. The van der Waals surface area contributed by atoms with E-state index in [1.165, 1.54) is 22.7 Å². The molecule has 4 aromatic rings. The van der Waals surface area contributed by atoms with Gasteiger partial charge in [-0.2, -0.15) is 0 Å². The third kappa shape index (κ3) is 3.35. The van der Waals surface area contributed by atoms with E-state index < -0.39 is 0 Å². The molecule has 0 radical (unpaired) electrons. The summed E-state index contributed by atoms with van der Waals surface area (Å²) in [4.78, 5) is 16.5. The topological polar surface area (TPSA) is 114 Å². The van der Waals surface area contributed by atoms with Crippen LogP contribution < -0.4 is 11.1 Å².